The Kier molecular flexibility index (Phi) is 5.57. The molecular formula is C23H21Cl2N3O. The molecule has 3 aromatic rings. The molecule has 2 aromatic carbocycles. The molecule has 2 heterocycles. The van der Waals surface area contributed by atoms with E-state index in [1.165, 1.54) is 0 Å². The minimum Gasteiger partial charge on any atom is -0.334 e. The Morgan fingerprint density at radius 3 is 2.45 bits per heavy atom. The van der Waals surface area contributed by atoms with E-state index in [0.29, 0.717) is 35.1 Å². The second-order valence-corrected chi connectivity index (χ2v) is 8.32. The lowest BCUT2D eigenvalue weighted by Gasteiger charge is -2.30. The third-order valence-electron chi connectivity index (χ3n) is 5.10. The minimum atomic E-state index is -0.0729. The molecule has 0 spiro atoms. The number of rotatable bonds is 3. The Morgan fingerprint density at radius 2 is 1.76 bits per heavy atom. The lowest BCUT2D eigenvalue weighted by atomic mass is 9.97. The van der Waals surface area contributed by atoms with Crippen LogP contribution in [0.15, 0.2) is 48.5 Å². The lowest BCUT2D eigenvalue weighted by Crippen LogP contribution is -2.37. The van der Waals surface area contributed by atoms with E-state index in [0.717, 1.165) is 28.3 Å². The van der Waals surface area contributed by atoms with Gasteiger partial charge in [-0.05, 0) is 24.3 Å². The number of amides is 1. The first-order valence-corrected chi connectivity index (χ1v) is 10.4. The summed E-state index contributed by atoms with van der Waals surface area (Å²) in [6.45, 7) is 5.23. The first-order chi connectivity index (χ1) is 13.9. The summed E-state index contributed by atoms with van der Waals surface area (Å²) in [5.41, 5.74) is 4.36. The number of aromatic nitrogens is 2. The number of hydrogen-bond acceptors (Lipinski definition) is 3. The molecule has 1 aromatic heterocycles. The van der Waals surface area contributed by atoms with E-state index in [1.54, 1.807) is 12.1 Å². The molecule has 0 unspecified atom stereocenters. The van der Waals surface area contributed by atoms with Crippen molar-refractivity contribution in [2.75, 3.05) is 6.54 Å². The summed E-state index contributed by atoms with van der Waals surface area (Å²) in [4.78, 5) is 24.6. The van der Waals surface area contributed by atoms with Gasteiger partial charge in [-0.2, -0.15) is 0 Å². The predicted octanol–water partition coefficient (Wildman–Crippen LogP) is 5.77. The highest BCUT2D eigenvalue weighted by Crippen LogP contribution is 2.31. The van der Waals surface area contributed by atoms with Gasteiger partial charge in [0.15, 0.2) is 0 Å². The maximum absolute atomic E-state index is 13.1. The van der Waals surface area contributed by atoms with E-state index in [-0.39, 0.29) is 11.8 Å². The van der Waals surface area contributed by atoms with Gasteiger partial charge in [0, 0.05) is 41.6 Å². The Hall–Kier alpha value is -2.43. The summed E-state index contributed by atoms with van der Waals surface area (Å²) in [6, 6.07) is 14.8. The van der Waals surface area contributed by atoms with Gasteiger partial charge in [-0.3, -0.25) is 4.79 Å². The van der Waals surface area contributed by atoms with E-state index in [9.17, 15) is 4.79 Å². The number of carbonyl (C=O) groups excluding carboxylic acids is 1. The molecule has 4 rings (SSSR count). The average Bonchev–Trinajstić information content (AvgIpc) is 2.73. The van der Waals surface area contributed by atoms with Crippen LogP contribution in [0.2, 0.25) is 10.0 Å². The van der Waals surface area contributed by atoms with Crippen LogP contribution in [-0.4, -0.2) is 27.3 Å². The fourth-order valence-electron chi connectivity index (χ4n) is 3.52. The van der Waals surface area contributed by atoms with E-state index in [2.05, 4.69) is 13.8 Å². The summed E-state index contributed by atoms with van der Waals surface area (Å²) < 4.78 is 0. The highest BCUT2D eigenvalue weighted by atomic mass is 35.5. The number of fused-ring (bicyclic) bond motifs is 1. The van der Waals surface area contributed by atoms with Crippen LogP contribution in [0.4, 0.5) is 0 Å². The minimum absolute atomic E-state index is 0.0729. The average molecular weight is 426 g/mol. The van der Waals surface area contributed by atoms with Crippen molar-refractivity contribution in [1.82, 2.24) is 14.9 Å². The van der Waals surface area contributed by atoms with Gasteiger partial charge in [-0.1, -0.05) is 61.3 Å². The largest absolute Gasteiger partial charge is 0.334 e. The third kappa shape index (κ3) is 4.00. The molecule has 1 amide bonds. The number of carbonyl (C=O) groups is 1. The van der Waals surface area contributed by atoms with Gasteiger partial charge in [0.1, 0.15) is 5.82 Å². The quantitative estimate of drug-likeness (QED) is 0.534. The van der Waals surface area contributed by atoms with Crippen LogP contribution in [0.3, 0.4) is 0 Å². The normalized spacial score (nSPS) is 13.5. The number of halogens is 2. The maximum Gasteiger partial charge on any atom is 0.255 e. The van der Waals surface area contributed by atoms with E-state index in [4.69, 9.17) is 33.2 Å². The van der Waals surface area contributed by atoms with E-state index in [1.807, 2.05) is 41.3 Å². The second-order valence-electron chi connectivity index (χ2n) is 7.47. The molecule has 0 atom stereocenters. The summed E-state index contributed by atoms with van der Waals surface area (Å²) in [5, 5.41) is 1.14. The Bertz CT molecular complexity index is 1060. The highest BCUT2D eigenvalue weighted by molar-refractivity contribution is 6.33. The third-order valence-corrected chi connectivity index (χ3v) is 5.68. The summed E-state index contributed by atoms with van der Waals surface area (Å²) >= 11 is 12.3. The van der Waals surface area contributed by atoms with Crippen LogP contribution in [0.1, 0.15) is 47.2 Å². The molecule has 0 radical (unpaired) electrons. The fraction of sp³-hybridized carbons (Fsp3) is 0.261. The number of nitrogens with zero attached hydrogens (tertiary/aromatic N) is 3. The fourth-order valence-corrected chi connectivity index (χ4v) is 3.86. The van der Waals surface area contributed by atoms with Gasteiger partial charge in [-0.25, -0.2) is 9.97 Å². The molecule has 0 bridgehead atoms. The molecule has 148 valence electrons. The molecule has 0 saturated heterocycles. The summed E-state index contributed by atoms with van der Waals surface area (Å²) in [6.07, 6.45) is 0.689. The standard InChI is InChI=1S/C23H21Cl2N3O/c1-14(2)22-26-20-11-12-28(23(29)17-5-3-4-6-19(17)25)13-18(20)21(27-22)15-7-9-16(24)10-8-15/h3-10,14H,11-13H2,1-2H3. The first-order valence-electron chi connectivity index (χ1n) is 9.63. The summed E-state index contributed by atoms with van der Waals surface area (Å²) in [7, 11) is 0. The first kappa shape index (κ1) is 19.9. The summed E-state index contributed by atoms with van der Waals surface area (Å²) in [5.74, 6) is 0.963. The van der Waals surface area contributed by atoms with Crippen molar-refractivity contribution in [3.05, 3.63) is 81.2 Å². The van der Waals surface area contributed by atoms with Gasteiger partial charge in [0.05, 0.1) is 22.0 Å². The van der Waals surface area contributed by atoms with E-state index >= 15 is 0 Å². The SMILES string of the molecule is CC(C)c1nc2c(c(-c3ccc(Cl)cc3)n1)CN(C(=O)c1ccccc1Cl)CC2. The smallest absolute Gasteiger partial charge is 0.255 e. The molecule has 0 fully saturated rings. The van der Waals surface area contributed by atoms with Gasteiger partial charge < -0.3 is 4.90 Å². The van der Waals surface area contributed by atoms with Crippen LogP contribution >= 0.6 is 23.2 Å². The zero-order valence-electron chi connectivity index (χ0n) is 16.3. The predicted molar refractivity (Wildman–Crippen MR) is 116 cm³/mol. The molecule has 0 aliphatic carbocycles. The Balaban J connectivity index is 1.76. The highest BCUT2D eigenvalue weighted by Gasteiger charge is 2.27. The molecule has 29 heavy (non-hydrogen) atoms. The van der Waals surface area contributed by atoms with Gasteiger partial charge in [-0.15, -0.1) is 0 Å². The molecule has 0 saturated carbocycles. The number of benzene rings is 2. The van der Waals surface area contributed by atoms with Crippen LogP contribution in [0.25, 0.3) is 11.3 Å². The second kappa shape index (κ2) is 8.13. The van der Waals surface area contributed by atoms with Crippen molar-refractivity contribution in [3.8, 4) is 11.3 Å². The van der Waals surface area contributed by atoms with Crippen molar-refractivity contribution in [2.24, 2.45) is 0 Å². The van der Waals surface area contributed by atoms with Crippen LogP contribution in [-0.2, 0) is 13.0 Å². The number of hydrogen-bond donors (Lipinski definition) is 0. The zero-order chi connectivity index (χ0) is 20.5. The maximum atomic E-state index is 13.1. The van der Waals surface area contributed by atoms with E-state index < -0.39 is 0 Å². The molecule has 1 aliphatic rings. The van der Waals surface area contributed by atoms with Gasteiger partial charge >= 0.3 is 0 Å². The van der Waals surface area contributed by atoms with Crippen molar-refractivity contribution >= 4 is 29.1 Å². The van der Waals surface area contributed by atoms with Crippen molar-refractivity contribution in [2.45, 2.75) is 32.7 Å². The topological polar surface area (TPSA) is 46.1 Å². The lowest BCUT2D eigenvalue weighted by molar-refractivity contribution is 0.0733. The molecular weight excluding hydrogens is 405 g/mol. The van der Waals surface area contributed by atoms with Crippen molar-refractivity contribution in [1.29, 1.82) is 0 Å². The van der Waals surface area contributed by atoms with Gasteiger partial charge in [0.25, 0.3) is 5.91 Å². The van der Waals surface area contributed by atoms with Gasteiger partial charge in [0.2, 0.25) is 0 Å². The molecule has 1 aliphatic heterocycles. The monoisotopic (exact) mass is 425 g/mol. The van der Waals surface area contributed by atoms with Crippen LogP contribution < -0.4 is 0 Å². The molecule has 4 nitrogen and oxygen atoms in total. The Morgan fingerprint density at radius 1 is 1.03 bits per heavy atom. The van der Waals surface area contributed by atoms with Crippen LogP contribution in [0.5, 0.6) is 0 Å². The van der Waals surface area contributed by atoms with Crippen molar-refractivity contribution < 1.29 is 4.79 Å². The van der Waals surface area contributed by atoms with Crippen molar-refractivity contribution in [3.63, 3.8) is 0 Å². The molecule has 6 heteroatoms. The zero-order valence-corrected chi connectivity index (χ0v) is 17.8. The van der Waals surface area contributed by atoms with Crippen LogP contribution in [0, 0.1) is 0 Å². The molecule has 0 N–H and O–H groups in total. The Labute approximate surface area is 180 Å².